The molecule has 16 heavy (non-hydrogen) atoms. The number of ether oxygens (including phenoxy) is 1. The second-order valence-electron chi connectivity index (χ2n) is 4.73. The second kappa shape index (κ2) is 6.66. The van der Waals surface area contributed by atoms with Gasteiger partial charge in [0.15, 0.2) is 0 Å². The number of esters is 1. The van der Waals surface area contributed by atoms with Crippen LogP contribution in [0.3, 0.4) is 0 Å². The van der Waals surface area contributed by atoms with E-state index in [2.05, 4.69) is 4.74 Å². The minimum atomic E-state index is -0.288. The Morgan fingerprint density at radius 1 is 1.19 bits per heavy atom. The minimum Gasteiger partial charge on any atom is -0.469 e. The standard InChI is InChI=1S/C13H22O3/c1-10(11-6-4-3-5-7-11)12(14)8-9-13(15)16-2/h10-11H,3-9H2,1-2H3. The highest BCUT2D eigenvalue weighted by molar-refractivity contribution is 5.84. The Labute approximate surface area is 97.5 Å². The monoisotopic (exact) mass is 226 g/mol. The summed E-state index contributed by atoms with van der Waals surface area (Å²) >= 11 is 0. The van der Waals surface area contributed by atoms with E-state index in [0.717, 1.165) is 0 Å². The summed E-state index contributed by atoms with van der Waals surface area (Å²) in [6.45, 7) is 2.01. The van der Waals surface area contributed by atoms with Gasteiger partial charge in [0.25, 0.3) is 0 Å². The van der Waals surface area contributed by atoms with Crippen molar-refractivity contribution in [2.75, 3.05) is 7.11 Å². The molecule has 0 spiro atoms. The van der Waals surface area contributed by atoms with Gasteiger partial charge in [-0.15, -0.1) is 0 Å². The van der Waals surface area contributed by atoms with Crippen LogP contribution in [-0.4, -0.2) is 18.9 Å². The molecule has 0 radical (unpaired) electrons. The lowest BCUT2D eigenvalue weighted by atomic mass is 9.78. The second-order valence-corrected chi connectivity index (χ2v) is 4.73. The first-order valence-corrected chi connectivity index (χ1v) is 6.24. The summed E-state index contributed by atoms with van der Waals surface area (Å²) in [6.07, 6.45) is 6.71. The molecule has 0 aromatic rings. The van der Waals surface area contributed by atoms with Crippen molar-refractivity contribution in [3.05, 3.63) is 0 Å². The zero-order valence-electron chi connectivity index (χ0n) is 10.3. The van der Waals surface area contributed by atoms with Crippen molar-refractivity contribution in [3.8, 4) is 0 Å². The molecule has 0 saturated heterocycles. The fourth-order valence-electron chi connectivity index (χ4n) is 2.45. The van der Waals surface area contributed by atoms with Crippen LogP contribution < -0.4 is 0 Å². The molecule has 3 nitrogen and oxygen atoms in total. The molecule has 0 bridgehead atoms. The Kier molecular flexibility index (Phi) is 5.50. The topological polar surface area (TPSA) is 43.4 Å². The molecule has 0 amide bonds. The highest BCUT2D eigenvalue weighted by Gasteiger charge is 2.25. The van der Waals surface area contributed by atoms with Crippen molar-refractivity contribution in [1.82, 2.24) is 0 Å². The van der Waals surface area contributed by atoms with Crippen molar-refractivity contribution in [1.29, 1.82) is 0 Å². The van der Waals surface area contributed by atoms with E-state index in [1.807, 2.05) is 6.92 Å². The lowest BCUT2D eigenvalue weighted by Gasteiger charge is -2.26. The Hall–Kier alpha value is -0.860. The average molecular weight is 226 g/mol. The van der Waals surface area contributed by atoms with E-state index in [0.29, 0.717) is 12.3 Å². The fraction of sp³-hybridized carbons (Fsp3) is 0.846. The maximum absolute atomic E-state index is 11.9. The predicted molar refractivity (Wildman–Crippen MR) is 62.0 cm³/mol. The Morgan fingerprint density at radius 2 is 1.81 bits per heavy atom. The van der Waals surface area contributed by atoms with Crippen LogP contribution in [0.15, 0.2) is 0 Å². The number of Topliss-reactive ketones (excluding diaryl/α,β-unsaturated/α-hetero) is 1. The van der Waals surface area contributed by atoms with Crippen molar-refractivity contribution >= 4 is 11.8 Å². The molecule has 0 heterocycles. The predicted octanol–water partition coefficient (Wildman–Crippen LogP) is 2.73. The number of ketones is 1. The van der Waals surface area contributed by atoms with Crippen LogP contribution in [0.2, 0.25) is 0 Å². The zero-order chi connectivity index (χ0) is 12.0. The van der Waals surface area contributed by atoms with Crippen LogP contribution in [0.5, 0.6) is 0 Å². The first-order chi connectivity index (χ1) is 7.65. The van der Waals surface area contributed by atoms with Gasteiger partial charge in [0.2, 0.25) is 0 Å². The van der Waals surface area contributed by atoms with E-state index >= 15 is 0 Å². The van der Waals surface area contributed by atoms with Crippen molar-refractivity contribution in [2.45, 2.75) is 51.9 Å². The molecule has 0 N–H and O–H groups in total. The number of carbonyl (C=O) groups excluding carboxylic acids is 2. The zero-order valence-corrected chi connectivity index (χ0v) is 10.3. The van der Waals surface area contributed by atoms with E-state index in [4.69, 9.17) is 0 Å². The van der Waals surface area contributed by atoms with Crippen LogP contribution in [0.25, 0.3) is 0 Å². The van der Waals surface area contributed by atoms with Gasteiger partial charge >= 0.3 is 5.97 Å². The van der Waals surface area contributed by atoms with Crippen molar-refractivity contribution in [2.24, 2.45) is 11.8 Å². The molecule has 0 aliphatic heterocycles. The van der Waals surface area contributed by atoms with Gasteiger partial charge in [-0.05, 0) is 18.8 Å². The quantitative estimate of drug-likeness (QED) is 0.677. The van der Waals surface area contributed by atoms with Gasteiger partial charge in [-0.25, -0.2) is 0 Å². The molecule has 92 valence electrons. The molecular weight excluding hydrogens is 204 g/mol. The summed E-state index contributed by atoms with van der Waals surface area (Å²) < 4.78 is 4.53. The molecule has 1 rings (SSSR count). The third kappa shape index (κ3) is 3.95. The van der Waals surface area contributed by atoms with Gasteiger partial charge in [-0.1, -0.05) is 26.2 Å². The van der Waals surface area contributed by atoms with Gasteiger partial charge in [-0.3, -0.25) is 9.59 Å². The molecule has 0 aromatic carbocycles. The molecular formula is C13H22O3. The van der Waals surface area contributed by atoms with E-state index in [9.17, 15) is 9.59 Å². The summed E-state index contributed by atoms with van der Waals surface area (Å²) in [6, 6.07) is 0. The normalized spacial score (nSPS) is 19.1. The molecule has 1 saturated carbocycles. The highest BCUT2D eigenvalue weighted by atomic mass is 16.5. The summed E-state index contributed by atoms with van der Waals surface area (Å²) in [7, 11) is 1.36. The molecule has 0 aromatic heterocycles. The lowest BCUT2D eigenvalue weighted by Crippen LogP contribution is -2.23. The van der Waals surface area contributed by atoms with Crippen LogP contribution in [-0.2, 0) is 14.3 Å². The fourth-order valence-corrected chi connectivity index (χ4v) is 2.45. The molecule has 3 heteroatoms. The van der Waals surface area contributed by atoms with Gasteiger partial charge < -0.3 is 4.74 Å². The SMILES string of the molecule is COC(=O)CCC(=O)C(C)C1CCCCC1. The van der Waals surface area contributed by atoms with Crippen LogP contribution in [0, 0.1) is 11.8 Å². The van der Waals surface area contributed by atoms with Crippen molar-refractivity contribution < 1.29 is 14.3 Å². The number of hydrogen-bond donors (Lipinski definition) is 0. The van der Waals surface area contributed by atoms with E-state index in [-0.39, 0.29) is 24.1 Å². The Morgan fingerprint density at radius 3 is 2.38 bits per heavy atom. The first-order valence-electron chi connectivity index (χ1n) is 6.24. The number of hydrogen-bond acceptors (Lipinski definition) is 3. The molecule has 1 fully saturated rings. The van der Waals surface area contributed by atoms with Gasteiger partial charge in [0.05, 0.1) is 13.5 Å². The smallest absolute Gasteiger partial charge is 0.305 e. The molecule has 1 aliphatic carbocycles. The molecule has 1 aliphatic rings. The summed E-state index contributed by atoms with van der Waals surface area (Å²) in [5.74, 6) is 0.588. The van der Waals surface area contributed by atoms with Gasteiger partial charge in [0, 0.05) is 12.3 Å². The highest BCUT2D eigenvalue weighted by Crippen LogP contribution is 2.30. The van der Waals surface area contributed by atoms with E-state index in [1.54, 1.807) is 0 Å². The number of carbonyl (C=O) groups is 2. The molecule has 1 atom stereocenters. The third-order valence-electron chi connectivity index (χ3n) is 3.67. The van der Waals surface area contributed by atoms with Crippen LogP contribution in [0.1, 0.15) is 51.9 Å². The number of methoxy groups -OCH3 is 1. The van der Waals surface area contributed by atoms with E-state index in [1.165, 1.54) is 39.2 Å². The Balaban J connectivity index is 2.31. The first kappa shape index (κ1) is 13.2. The van der Waals surface area contributed by atoms with Gasteiger partial charge in [0.1, 0.15) is 5.78 Å². The van der Waals surface area contributed by atoms with E-state index < -0.39 is 0 Å². The molecule has 1 unspecified atom stereocenters. The van der Waals surface area contributed by atoms with Crippen LogP contribution >= 0.6 is 0 Å². The third-order valence-corrected chi connectivity index (χ3v) is 3.67. The average Bonchev–Trinajstić information content (AvgIpc) is 2.35. The van der Waals surface area contributed by atoms with Crippen molar-refractivity contribution in [3.63, 3.8) is 0 Å². The lowest BCUT2D eigenvalue weighted by molar-refractivity contribution is -0.142. The maximum Gasteiger partial charge on any atom is 0.305 e. The van der Waals surface area contributed by atoms with Gasteiger partial charge in [-0.2, -0.15) is 0 Å². The maximum atomic E-state index is 11.9. The largest absolute Gasteiger partial charge is 0.469 e. The van der Waals surface area contributed by atoms with Crippen LogP contribution in [0.4, 0.5) is 0 Å². The summed E-state index contributed by atoms with van der Waals surface area (Å²) in [5.41, 5.74) is 0. The summed E-state index contributed by atoms with van der Waals surface area (Å²) in [4.78, 5) is 22.8. The number of rotatable bonds is 5. The Bertz CT molecular complexity index is 242. The summed E-state index contributed by atoms with van der Waals surface area (Å²) in [5, 5.41) is 0. The minimum absolute atomic E-state index is 0.116.